The van der Waals surface area contributed by atoms with E-state index in [0.717, 1.165) is 0 Å². The molecule has 0 aromatic heterocycles. The summed E-state index contributed by atoms with van der Waals surface area (Å²) < 4.78 is 5.64. The number of likely N-dealkylation sites (N-methyl/N-ethyl adjacent to an activating group) is 2. The lowest BCUT2D eigenvalue weighted by atomic mass is 9.95. The molecule has 2 rings (SSSR count). The summed E-state index contributed by atoms with van der Waals surface area (Å²) in [7, 11) is 3.31. The van der Waals surface area contributed by atoms with E-state index in [0.29, 0.717) is 0 Å². The van der Waals surface area contributed by atoms with Gasteiger partial charge in [-0.3, -0.25) is 4.84 Å². The van der Waals surface area contributed by atoms with E-state index in [1.807, 2.05) is 0 Å². The first kappa shape index (κ1) is 15.1. The molecule has 0 aliphatic carbocycles. The highest BCUT2D eigenvalue weighted by molar-refractivity contribution is 4.99. The molecular formula is C11H23N3O5. The Kier molecular flexibility index (Phi) is 4.15. The lowest BCUT2D eigenvalue weighted by Crippen LogP contribution is -2.76. The molecule has 2 aliphatic heterocycles. The third-order valence-corrected chi connectivity index (χ3v) is 3.89. The van der Waals surface area contributed by atoms with Crippen molar-refractivity contribution in [3.05, 3.63) is 0 Å². The number of nitrogens with zero attached hydrogens (tertiary/aromatic N) is 1. The number of ether oxygens (including phenoxy) is 1. The molecule has 19 heavy (non-hydrogen) atoms. The van der Waals surface area contributed by atoms with Crippen molar-refractivity contribution in [1.29, 1.82) is 0 Å². The van der Waals surface area contributed by atoms with Crippen molar-refractivity contribution in [2.24, 2.45) is 0 Å². The fourth-order valence-electron chi connectivity index (χ4n) is 2.55. The molecule has 8 nitrogen and oxygen atoms in total. The Hall–Kier alpha value is -0.320. The number of hydrogen-bond acceptors (Lipinski definition) is 8. The molecule has 0 amide bonds. The SMILES string of the molecule is CNC1C(O)C(NC)N2OC(C)(O)C(C)OC2C1O. The van der Waals surface area contributed by atoms with Crippen LogP contribution in [0.3, 0.4) is 0 Å². The molecule has 0 aromatic rings. The average Bonchev–Trinajstić information content (AvgIpc) is 2.33. The van der Waals surface area contributed by atoms with Crippen LogP contribution in [0, 0.1) is 0 Å². The van der Waals surface area contributed by atoms with Gasteiger partial charge in [-0.05, 0) is 27.9 Å². The Balaban J connectivity index is 2.28. The van der Waals surface area contributed by atoms with Crippen molar-refractivity contribution in [2.75, 3.05) is 14.1 Å². The maximum absolute atomic E-state index is 10.3. The minimum Gasteiger partial charge on any atom is -0.388 e. The average molecular weight is 277 g/mol. The molecule has 2 aliphatic rings. The zero-order valence-electron chi connectivity index (χ0n) is 11.6. The smallest absolute Gasteiger partial charge is 0.208 e. The van der Waals surface area contributed by atoms with Gasteiger partial charge in [0.05, 0.1) is 6.04 Å². The highest BCUT2D eigenvalue weighted by Gasteiger charge is 2.55. The van der Waals surface area contributed by atoms with Gasteiger partial charge in [0.15, 0.2) is 6.23 Å². The van der Waals surface area contributed by atoms with Crippen LogP contribution in [-0.4, -0.2) is 77.0 Å². The van der Waals surface area contributed by atoms with Crippen molar-refractivity contribution >= 4 is 0 Å². The molecule has 0 aromatic carbocycles. The predicted octanol–water partition coefficient (Wildman–Crippen LogP) is -2.46. The molecular weight excluding hydrogens is 254 g/mol. The Bertz CT molecular complexity index is 329. The van der Waals surface area contributed by atoms with Crippen LogP contribution < -0.4 is 10.6 Å². The number of piperidine rings is 1. The van der Waals surface area contributed by atoms with Crippen LogP contribution in [0.2, 0.25) is 0 Å². The zero-order chi connectivity index (χ0) is 14.4. The van der Waals surface area contributed by atoms with Crippen molar-refractivity contribution in [3.63, 3.8) is 0 Å². The molecule has 112 valence electrons. The second-order valence-corrected chi connectivity index (χ2v) is 5.20. The standard InChI is InChI=1S/C11H23N3O5/c1-5-11(2,17)19-14-9(13-4)7(15)6(12-3)8(16)10(14)18-5/h5-10,12-13,15-17H,1-4H3. The molecule has 0 radical (unpaired) electrons. The lowest BCUT2D eigenvalue weighted by Gasteiger charge is -2.54. The minimum atomic E-state index is -1.52. The van der Waals surface area contributed by atoms with Crippen molar-refractivity contribution in [2.45, 2.75) is 56.4 Å². The predicted molar refractivity (Wildman–Crippen MR) is 65.6 cm³/mol. The van der Waals surface area contributed by atoms with Gasteiger partial charge in [-0.2, -0.15) is 0 Å². The van der Waals surface area contributed by atoms with Crippen LogP contribution in [0.15, 0.2) is 0 Å². The fourth-order valence-corrected chi connectivity index (χ4v) is 2.55. The van der Waals surface area contributed by atoms with E-state index in [-0.39, 0.29) is 0 Å². The second kappa shape index (κ2) is 5.23. The highest BCUT2D eigenvalue weighted by atomic mass is 16.8. The summed E-state index contributed by atoms with van der Waals surface area (Å²) in [5, 5.41) is 37.6. The van der Waals surface area contributed by atoms with E-state index >= 15 is 0 Å². The van der Waals surface area contributed by atoms with Gasteiger partial charge in [0.1, 0.15) is 24.5 Å². The first-order chi connectivity index (χ1) is 8.83. The zero-order valence-corrected chi connectivity index (χ0v) is 11.6. The second-order valence-electron chi connectivity index (χ2n) is 5.20. The first-order valence-corrected chi connectivity index (χ1v) is 6.39. The first-order valence-electron chi connectivity index (χ1n) is 6.39. The number of hydroxylamine groups is 2. The molecule has 8 heteroatoms. The van der Waals surface area contributed by atoms with Crippen LogP contribution >= 0.6 is 0 Å². The molecule has 7 atom stereocenters. The third-order valence-electron chi connectivity index (χ3n) is 3.89. The Labute approximate surface area is 112 Å². The summed E-state index contributed by atoms with van der Waals surface area (Å²) in [5.74, 6) is -1.52. The van der Waals surface area contributed by atoms with Crippen LogP contribution in [0.25, 0.3) is 0 Å². The number of nitrogens with one attached hydrogen (secondary N) is 2. The van der Waals surface area contributed by atoms with Crippen LogP contribution in [-0.2, 0) is 9.57 Å². The van der Waals surface area contributed by atoms with Gasteiger partial charge in [-0.25, -0.2) is 0 Å². The summed E-state index contributed by atoms with van der Waals surface area (Å²) in [5.41, 5.74) is 0. The van der Waals surface area contributed by atoms with Gasteiger partial charge >= 0.3 is 0 Å². The van der Waals surface area contributed by atoms with Crippen molar-refractivity contribution in [3.8, 4) is 0 Å². The summed E-state index contributed by atoms with van der Waals surface area (Å²) >= 11 is 0. The van der Waals surface area contributed by atoms with Gasteiger partial charge in [-0.1, -0.05) is 0 Å². The number of rotatable bonds is 2. The Morgan fingerprint density at radius 2 is 1.79 bits per heavy atom. The maximum Gasteiger partial charge on any atom is 0.208 e. The molecule has 7 unspecified atom stereocenters. The van der Waals surface area contributed by atoms with E-state index < -0.39 is 42.5 Å². The maximum atomic E-state index is 10.3. The van der Waals surface area contributed by atoms with Crippen molar-refractivity contribution in [1.82, 2.24) is 15.7 Å². The largest absolute Gasteiger partial charge is 0.388 e. The van der Waals surface area contributed by atoms with E-state index in [4.69, 9.17) is 9.57 Å². The number of aliphatic hydroxyl groups is 3. The van der Waals surface area contributed by atoms with Gasteiger partial charge < -0.3 is 30.7 Å². The quantitative estimate of drug-likeness (QED) is 0.378. The van der Waals surface area contributed by atoms with Crippen LogP contribution in [0.4, 0.5) is 0 Å². The molecule has 0 saturated carbocycles. The van der Waals surface area contributed by atoms with E-state index in [1.165, 1.54) is 12.0 Å². The number of hydrogen-bond donors (Lipinski definition) is 5. The lowest BCUT2D eigenvalue weighted by molar-refractivity contribution is -0.473. The minimum absolute atomic E-state index is 0.558. The van der Waals surface area contributed by atoms with E-state index in [2.05, 4.69) is 10.6 Å². The summed E-state index contributed by atoms with van der Waals surface area (Å²) in [4.78, 5) is 5.48. The van der Waals surface area contributed by atoms with Gasteiger partial charge in [0, 0.05) is 0 Å². The molecule has 0 spiro atoms. The van der Waals surface area contributed by atoms with Gasteiger partial charge in [-0.15, -0.1) is 5.06 Å². The Morgan fingerprint density at radius 1 is 1.16 bits per heavy atom. The van der Waals surface area contributed by atoms with E-state index in [1.54, 1.807) is 21.0 Å². The monoisotopic (exact) mass is 277 g/mol. The molecule has 2 saturated heterocycles. The topological polar surface area (TPSA) is 106 Å². The summed E-state index contributed by atoms with van der Waals surface area (Å²) in [6, 6.07) is -0.558. The number of fused-ring (bicyclic) bond motifs is 1. The number of aliphatic hydroxyl groups excluding tert-OH is 2. The third kappa shape index (κ3) is 2.39. The molecule has 0 bridgehead atoms. The highest BCUT2D eigenvalue weighted by Crippen LogP contribution is 2.34. The normalized spacial score (nSPS) is 51.9. The van der Waals surface area contributed by atoms with E-state index in [9.17, 15) is 15.3 Å². The molecule has 2 heterocycles. The van der Waals surface area contributed by atoms with Crippen LogP contribution in [0.1, 0.15) is 13.8 Å². The fraction of sp³-hybridized carbons (Fsp3) is 1.00. The summed E-state index contributed by atoms with van der Waals surface area (Å²) in [6.45, 7) is 3.14. The van der Waals surface area contributed by atoms with Crippen molar-refractivity contribution < 1.29 is 24.9 Å². The summed E-state index contributed by atoms with van der Waals surface area (Å²) in [6.07, 6.45) is -3.88. The molecule has 5 N–H and O–H groups in total. The van der Waals surface area contributed by atoms with Gasteiger partial charge in [0.25, 0.3) is 0 Å². The van der Waals surface area contributed by atoms with Crippen LogP contribution in [0.5, 0.6) is 0 Å². The molecule has 2 fully saturated rings. The van der Waals surface area contributed by atoms with Gasteiger partial charge in [0.2, 0.25) is 5.79 Å². The Morgan fingerprint density at radius 3 is 2.32 bits per heavy atom.